The van der Waals surface area contributed by atoms with E-state index in [1.54, 1.807) is 0 Å². The Kier molecular flexibility index (Phi) is 6.47. The zero-order valence-corrected chi connectivity index (χ0v) is 11.6. The van der Waals surface area contributed by atoms with E-state index in [0.717, 1.165) is 25.4 Å². The molecule has 0 aliphatic rings. The second-order valence-corrected chi connectivity index (χ2v) is 4.82. The molecule has 0 atom stereocenters. The van der Waals surface area contributed by atoms with Gasteiger partial charge < -0.3 is 4.90 Å². The summed E-state index contributed by atoms with van der Waals surface area (Å²) >= 11 is 7.36. The smallest absolute Gasteiger partial charge is 0.155 e. The zero-order valence-electron chi connectivity index (χ0n) is 10.0. The molecule has 6 heteroatoms. The van der Waals surface area contributed by atoms with Crippen LogP contribution in [-0.4, -0.2) is 46.5 Å². The van der Waals surface area contributed by atoms with E-state index in [9.17, 15) is 4.79 Å². The summed E-state index contributed by atoms with van der Waals surface area (Å²) in [6, 6.07) is 0. The summed E-state index contributed by atoms with van der Waals surface area (Å²) in [5, 5.41) is 0.882. The highest BCUT2D eigenvalue weighted by molar-refractivity contribution is 7.99. The second-order valence-electron chi connectivity index (χ2n) is 3.38. The second kappa shape index (κ2) is 7.63. The topological polar surface area (TPSA) is 46.1 Å². The van der Waals surface area contributed by atoms with Crippen molar-refractivity contribution >= 4 is 29.6 Å². The fraction of sp³-hybridized carbons (Fsp3) is 0.545. The first-order valence-electron chi connectivity index (χ1n) is 5.53. The fourth-order valence-corrected chi connectivity index (χ4v) is 2.58. The summed E-state index contributed by atoms with van der Waals surface area (Å²) in [4.78, 5) is 21.0. The van der Waals surface area contributed by atoms with Crippen molar-refractivity contribution in [2.24, 2.45) is 0 Å². The lowest BCUT2D eigenvalue weighted by molar-refractivity contribution is 0.112. The molecular weight excluding hydrogens is 258 g/mol. The molecule has 0 amide bonds. The van der Waals surface area contributed by atoms with Crippen molar-refractivity contribution in [3.8, 4) is 0 Å². The largest absolute Gasteiger partial charge is 0.303 e. The molecule has 94 valence electrons. The minimum atomic E-state index is 0.223. The lowest BCUT2D eigenvalue weighted by Gasteiger charge is -2.17. The molecule has 1 rings (SSSR count). The zero-order chi connectivity index (χ0) is 12.7. The van der Waals surface area contributed by atoms with Gasteiger partial charge in [0.05, 0.1) is 5.56 Å². The molecule has 0 aromatic carbocycles. The summed E-state index contributed by atoms with van der Waals surface area (Å²) in [6.45, 7) is 7.29. The van der Waals surface area contributed by atoms with Gasteiger partial charge in [-0.05, 0) is 13.1 Å². The van der Waals surface area contributed by atoms with Gasteiger partial charge in [0.2, 0.25) is 0 Å². The third-order valence-electron chi connectivity index (χ3n) is 2.46. The van der Waals surface area contributed by atoms with Crippen LogP contribution >= 0.6 is 23.4 Å². The van der Waals surface area contributed by atoms with Crippen LogP contribution in [0.1, 0.15) is 24.2 Å². The molecule has 0 fully saturated rings. The Bertz CT molecular complexity index is 372. The number of carbonyl (C=O) groups is 1. The molecule has 0 saturated heterocycles. The number of carbonyl (C=O) groups excluding carboxylic acids is 1. The summed E-state index contributed by atoms with van der Waals surface area (Å²) < 4.78 is 0. The summed E-state index contributed by atoms with van der Waals surface area (Å²) in [7, 11) is 0. The number of nitrogens with zero attached hydrogens (tertiary/aromatic N) is 3. The van der Waals surface area contributed by atoms with E-state index in [4.69, 9.17) is 11.6 Å². The van der Waals surface area contributed by atoms with Gasteiger partial charge in [-0.1, -0.05) is 25.4 Å². The van der Waals surface area contributed by atoms with Gasteiger partial charge in [-0.3, -0.25) is 4.79 Å². The maximum atomic E-state index is 10.9. The van der Waals surface area contributed by atoms with Crippen molar-refractivity contribution in [1.82, 2.24) is 14.9 Å². The van der Waals surface area contributed by atoms with E-state index in [1.165, 1.54) is 18.1 Å². The van der Waals surface area contributed by atoms with Crippen LogP contribution in [0.5, 0.6) is 0 Å². The maximum Gasteiger partial charge on any atom is 0.155 e. The number of thioether (sulfide) groups is 1. The number of aldehydes is 1. The summed E-state index contributed by atoms with van der Waals surface area (Å²) in [5.41, 5.74) is 0.388. The molecule has 1 heterocycles. The molecule has 0 spiro atoms. The predicted molar refractivity (Wildman–Crippen MR) is 70.9 cm³/mol. The van der Waals surface area contributed by atoms with E-state index in [2.05, 4.69) is 28.7 Å². The molecule has 1 aromatic heterocycles. The van der Waals surface area contributed by atoms with Crippen molar-refractivity contribution in [2.75, 3.05) is 25.4 Å². The molecule has 0 aliphatic heterocycles. The quantitative estimate of drug-likeness (QED) is 0.434. The van der Waals surface area contributed by atoms with E-state index in [1.807, 2.05) is 0 Å². The van der Waals surface area contributed by atoms with E-state index >= 15 is 0 Å². The summed E-state index contributed by atoms with van der Waals surface area (Å²) in [6.07, 6.45) is 2.09. The molecule has 4 nitrogen and oxygen atoms in total. The van der Waals surface area contributed by atoms with Gasteiger partial charge in [0.25, 0.3) is 0 Å². The number of hydrogen-bond acceptors (Lipinski definition) is 5. The average molecular weight is 274 g/mol. The lowest BCUT2D eigenvalue weighted by Crippen LogP contribution is -2.25. The van der Waals surface area contributed by atoms with Crippen LogP contribution in [0.3, 0.4) is 0 Å². The minimum Gasteiger partial charge on any atom is -0.303 e. The van der Waals surface area contributed by atoms with Crippen LogP contribution in [0.15, 0.2) is 11.4 Å². The van der Waals surface area contributed by atoms with Crippen molar-refractivity contribution in [2.45, 2.75) is 18.9 Å². The van der Waals surface area contributed by atoms with Gasteiger partial charge in [0, 0.05) is 12.3 Å². The Labute approximate surface area is 111 Å². The van der Waals surface area contributed by atoms with Gasteiger partial charge in [-0.2, -0.15) is 0 Å². The summed E-state index contributed by atoms with van der Waals surface area (Å²) in [5.74, 6) is 0.885. The normalized spacial score (nSPS) is 10.8. The van der Waals surface area contributed by atoms with Crippen molar-refractivity contribution in [1.29, 1.82) is 0 Å². The van der Waals surface area contributed by atoms with Crippen LogP contribution in [0.2, 0.25) is 5.15 Å². The van der Waals surface area contributed by atoms with Gasteiger partial charge in [-0.25, -0.2) is 9.97 Å². The third kappa shape index (κ3) is 4.26. The Morgan fingerprint density at radius 2 is 2.12 bits per heavy atom. The number of rotatable bonds is 7. The first kappa shape index (κ1) is 14.4. The Balaban J connectivity index is 2.57. The van der Waals surface area contributed by atoms with Crippen LogP contribution in [0, 0.1) is 0 Å². The lowest BCUT2D eigenvalue weighted by atomic mass is 10.4. The average Bonchev–Trinajstić information content (AvgIpc) is 2.35. The van der Waals surface area contributed by atoms with Crippen LogP contribution < -0.4 is 0 Å². The van der Waals surface area contributed by atoms with Crippen molar-refractivity contribution in [3.05, 3.63) is 17.0 Å². The van der Waals surface area contributed by atoms with Crippen LogP contribution in [0.25, 0.3) is 0 Å². The standard InChI is InChI=1S/C11H16ClN3OS/c1-3-15(4-2)5-6-17-11-9(7-16)10(12)13-8-14-11/h7-8H,3-6H2,1-2H3. The van der Waals surface area contributed by atoms with Crippen LogP contribution in [0.4, 0.5) is 0 Å². The number of aromatic nitrogens is 2. The molecule has 0 saturated carbocycles. The highest BCUT2D eigenvalue weighted by Gasteiger charge is 2.09. The van der Waals surface area contributed by atoms with E-state index in [0.29, 0.717) is 16.9 Å². The van der Waals surface area contributed by atoms with Crippen LogP contribution in [-0.2, 0) is 0 Å². The Hall–Kier alpha value is -0.650. The van der Waals surface area contributed by atoms with Gasteiger partial charge in [0.15, 0.2) is 6.29 Å². The van der Waals surface area contributed by atoms with Gasteiger partial charge in [-0.15, -0.1) is 11.8 Å². The van der Waals surface area contributed by atoms with E-state index in [-0.39, 0.29) is 5.15 Å². The molecule has 0 radical (unpaired) electrons. The molecule has 0 aliphatic carbocycles. The molecule has 0 unspecified atom stereocenters. The van der Waals surface area contributed by atoms with Gasteiger partial charge >= 0.3 is 0 Å². The minimum absolute atomic E-state index is 0.223. The Morgan fingerprint density at radius 3 is 2.71 bits per heavy atom. The number of hydrogen-bond donors (Lipinski definition) is 0. The SMILES string of the molecule is CCN(CC)CCSc1ncnc(Cl)c1C=O. The van der Waals surface area contributed by atoms with Crippen molar-refractivity contribution in [3.63, 3.8) is 0 Å². The monoisotopic (exact) mass is 273 g/mol. The fourth-order valence-electron chi connectivity index (χ4n) is 1.38. The van der Waals surface area contributed by atoms with Gasteiger partial charge in [0.1, 0.15) is 16.5 Å². The number of halogens is 1. The molecule has 17 heavy (non-hydrogen) atoms. The highest BCUT2D eigenvalue weighted by Crippen LogP contribution is 2.22. The first-order chi connectivity index (χ1) is 8.22. The molecular formula is C11H16ClN3OS. The Morgan fingerprint density at radius 1 is 1.41 bits per heavy atom. The maximum absolute atomic E-state index is 10.9. The predicted octanol–water partition coefficient (Wildman–Crippen LogP) is 2.38. The first-order valence-corrected chi connectivity index (χ1v) is 6.90. The van der Waals surface area contributed by atoms with E-state index < -0.39 is 0 Å². The molecule has 0 N–H and O–H groups in total. The van der Waals surface area contributed by atoms with Crippen molar-refractivity contribution < 1.29 is 4.79 Å². The molecule has 0 bridgehead atoms. The highest BCUT2D eigenvalue weighted by atomic mass is 35.5. The third-order valence-corrected chi connectivity index (χ3v) is 3.74. The molecule has 1 aromatic rings.